The van der Waals surface area contributed by atoms with Crippen LogP contribution in [-0.4, -0.2) is 0 Å². The molecule has 0 saturated heterocycles. The minimum absolute atomic E-state index is 0.861. The first-order chi connectivity index (χ1) is 25.3. The molecule has 0 N–H and O–H groups in total. The number of rotatable bonds is 4. The lowest BCUT2D eigenvalue weighted by atomic mass is 9.90. The van der Waals surface area contributed by atoms with Crippen LogP contribution in [0.2, 0.25) is 0 Å². The highest BCUT2D eigenvalue weighted by Gasteiger charge is 2.24. The van der Waals surface area contributed by atoms with Crippen LogP contribution < -0.4 is 4.90 Å². The monoisotopic (exact) mass is 651 g/mol. The third-order valence-electron chi connectivity index (χ3n) is 10.4. The fraction of sp³-hybridized carbons (Fsp3) is 0. The maximum absolute atomic E-state index is 6.70. The summed E-state index contributed by atoms with van der Waals surface area (Å²) in [6.45, 7) is 0. The highest BCUT2D eigenvalue weighted by atomic mass is 16.3. The predicted octanol–water partition coefficient (Wildman–Crippen LogP) is 14.1. The first-order valence-corrected chi connectivity index (χ1v) is 17.4. The van der Waals surface area contributed by atoms with Gasteiger partial charge in [0, 0.05) is 38.0 Å². The number of nitrogens with zero attached hydrogens (tertiary/aromatic N) is 1. The second-order valence-corrected chi connectivity index (χ2v) is 13.2. The van der Waals surface area contributed by atoms with Crippen molar-refractivity contribution < 1.29 is 8.83 Å². The highest BCUT2D eigenvalue weighted by molar-refractivity contribution is 6.36. The van der Waals surface area contributed by atoms with Crippen molar-refractivity contribution in [3.8, 4) is 11.1 Å². The van der Waals surface area contributed by atoms with E-state index in [0.717, 1.165) is 60.9 Å². The molecule has 0 aliphatic rings. The van der Waals surface area contributed by atoms with Gasteiger partial charge in [-0.1, -0.05) is 127 Å². The van der Waals surface area contributed by atoms with E-state index in [0.29, 0.717) is 0 Å². The zero-order valence-electron chi connectivity index (χ0n) is 27.5. The third-order valence-corrected chi connectivity index (χ3v) is 10.4. The van der Waals surface area contributed by atoms with Gasteiger partial charge >= 0.3 is 0 Å². The smallest absolute Gasteiger partial charge is 0.159 e. The maximum atomic E-state index is 6.70. The summed E-state index contributed by atoms with van der Waals surface area (Å²) in [5, 5.41) is 11.7. The van der Waals surface area contributed by atoms with Crippen LogP contribution in [0.15, 0.2) is 185 Å². The highest BCUT2D eigenvalue weighted by Crippen LogP contribution is 2.49. The molecule has 3 nitrogen and oxygen atoms in total. The molecule has 0 fully saturated rings. The maximum Gasteiger partial charge on any atom is 0.159 e. The van der Waals surface area contributed by atoms with Crippen molar-refractivity contribution in [2.24, 2.45) is 0 Å². The number of hydrogen-bond donors (Lipinski definition) is 0. The predicted molar refractivity (Wildman–Crippen MR) is 214 cm³/mol. The summed E-state index contributed by atoms with van der Waals surface area (Å²) in [6, 6.07) is 62.5. The molecule has 3 heteroatoms. The van der Waals surface area contributed by atoms with E-state index in [4.69, 9.17) is 8.83 Å². The number of anilines is 3. The average molecular weight is 652 g/mol. The van der Waals surface area contributed by atoms with E-state index >= 15 is 0 Å². The van der Waals surface area contributed by atoms with Crippen LogP contribution >= 0.6 is 0 Å². The fourth-order valence-electron chi connectivity index (χ4n) is 8.22. The molecule has 0 atom stereocenters. The van der Waals surface area contributed by atoms with Crippen LogP contribution in [0.5, 0.6) is 0 Å². The summed E-state index contributed by atoms with van der Waals surface area (Å²) in [5.74, 6) is 0. The van der Waals surface area contributed by atoms with Crippen molar-refractivity contribution in [3.05, 3.63) is 176 Å². The van der Waals surface area contributed by atoms with Crippen LogP contribution in [0.3, 0.4) is 0 Å². The molecule has 11 rings (SSSR count). The Morgan fingerprint density at radius 1 is 0.294 bits per heavy atom. The third kappa shape index (κ3) is 4.12. The Bertz CT molecular complexity index is 3100. The normalized spacial score (nSPS) is 11.9. The molecule has 9 aromatic carbocycles. The van der Waals surface area contributed by atoms with E-state index in [-0.39, 0.29) is 0 Å². The van der Waals surface area contributed by atoms with Crippen molar-refractivity contribution in [2.45, 2.75) is 0 Å². The van der Waals surface area contributed by atoms with Crippen molar-refractivity contribution in [2.75, 3.05) is 4.90 Å². The molecule has 2 heterocycles. The molecule has 0 spiro atoms. The van der Waals surface area contributed by atoms with Crippen molar-refractivity contribution in [3.63, 3.8) is 0 Å². The van der Waals surface area contributed by atoms with E-state index in [1.54, 1.807) is 0 Å². The molecule has 51 heavy (non-hydrogen) atoms. The second-order valence-electron chi connectivity index (χ2n) is 13.2. The number of hydrogen-bond acceptors (Lipinski definition) is 3. The molecule has 2 aromatic heterocycles. The first-order valence-electron chi connectivity index (χ1n) is 17.4. The van der Waals surface area contributed by atoms with Crippen LogP contribution in [0, 0.1) is 0 Å². The van der Waals surface area contributed by atoms with Gasteiger partial charge in [0.15, 0.2) is 5.58 Å². The molecule has 0 aliphatic heterocycles. The number of para-hydroxylation sites is 3. The summed E-state index contributed by atoms with van der Waals surface area (Å²) in [5.41, 5.74) is 9.04. The van der Waals surface area contributed by atoms with E-state index in [2.05, 4.69) is 169 Å². The molecule has 0 amide bonds. The van der Waals surface area contributed by atoms with Gasteiger partial charge in [0.25, 0.3) is 0 Å². The Kier molecular flexibility index (Phi) is 5.96. The van der Waals surface area contributed by atoms with E-state index in [9.17, 15) is 0 Å². The van der Waals surface area contributed by atoms with Crippen molar-refractivity contribution in [1.29, 1.82) is 0 Å². The Hall–Kier alpha value is -6.84. The number of fused-ring (bicyclic) bond motifs is 13. The Balaban J connectivity index is 1.26. The van der Waals surface area contributed by atoms with Gasteiger partial charge in [-0.3, -0.25) is 0 Å². The zero-order valence-corrected chi connectivity index (χ0v) is 27.5. The van der Waals surface area contributed by atoms with Gasteiger partial charge in [0.1, 0.15) is 16.7 Å². The van der Waals surface area contributed by atoms with Gasteiger partial charge in [-0.25, -0.2) is 0 Å². The minimum atomic E-state index is 0.861. The summed E-state index contributed by atoms with van der Waals surface area (Å²) in [4.78, 5) is 2.38. The van der Waals surface area contributed by atoms with Gasteiger partial charge in [0.2, 0.25) is 0 Å². The van der Waals surface area contributed by atoms with Crippen LogP contribution in [0.1, 0.15) is 0 Å². The molecule has 0 unspecified atom stereocenters. The van der Waals surface area contributed by atoms with Crippen LogP contribution in [-0.2, 0) is 0 Å². The molecule has 0 aliphatic carbocycles. The van der Waals surface area contributed by atoms with Crippen molar-refractivity contribution in [1.82, 2.24) is 0 Å². The van der Waals surface area contributed by atoms with Gasteiger partial charge < -0.3 is 13.7 Å². The number of benzene rings is 9. The average Bonchev–Trinajstić information content (AvgIpc) is 3.78. The Morgan fingerprint density at radius 3 is 1.61 bits per heavy atom. The largest absolute Gasteiger partial charge is 0.456 e. The lowest BCUT2D eigenvalue weighted by molar-refractivity contribution is 0.669. The summed E-state index contributed by atoms with van der Waals surface area (Å²) in [6.07, 6.45) is 0. The van der Waals surface area contributed by atoms with Gasteiger partial charge in [-0.2, -0.15) is 0 Å². The second kappa shape index (κ2) is 10.8. The molecular weight excluding hydrogens is 623 g/mol. The topological polar surface area (TPSA) is 29.5 Å². The van der Waals surface area contributed by atoms with Gasteiger partial charge in [-0.15, -0.1) is 0 Å². The zero-order chi connectivity index (χ0) is 33.5. The standard InChI is InChI=1S/C48H29NO2/c1-2-12-30(13-3-1)31-24-26-32(27-25-31)49(41-21-11-19-38-33-14-6-8-22-42(33)51-48(38)41)40-20-10-18-35-37-28-29-44-47(39-17-7-9-23-43(39)50-44)46(37)36-16-5-4-15-34(36)45(35)40/h1-29H. The fourth-order valence-corrected chi connectivity index (χ4v) is 8.22. The van der Waals surface area contributed by atoms with Crippen LogP contribution in [0.25, 0.3) is 87.3 Å². The Labute approximate surface area is 293 Å². The van der Waals surface area contributed by atoms with Crippen molar-refractivity contribution >= 4 is 93.3 Å². The quantitative estimate of drug-likeness (QED) is 0.177. The van der Waals surface area contributed by atoms with E-state index < -0.39 is 0 Å². The lowest BCUT2D eigenvalue weighted by Crippen LogP contribution is -2.11. The summed E-state index contributed by atoms with van der Waals surface area (Å²) >= 11 is 0. The molecule has 0 bridgehead atoms. The number of furan rings is 2. The molecule has 0 saturated carbocycles. The first kappa shape index (κ1) is 28.0. The summed E-state index contributed by atoms with van der Waals surface area (Å²) < 4.78 is 13.1. The minimum Gasteiger partial charge on any atom is -0.456 e. The van der Waals surface area contributed by atoms with Crippen LogP contribution in [0.4, 0.5) is 17.1 Å². The van der Waals surface area contributed by atoms with Gasteiger partial charge in [0.05, 0.1) is 11.4 Å². The molecule has 11 aromatic rings. The molecule has 0 radical (unpaired) electrons. The SMILES string of the molecule is c1ccc(-c2ccc(N(c3cccc4c3oc3ccccc34)c3cccc4c5ccc6oc7ccccc7c6c5c5ccccc5c34)cc2)cc1. The summed E-state index contributed by atoms with van der Waals surface area (Å²) in [7, 11) is 0. The Morgan fingerprint density at radius 2 is 0.843 bits per heavy atom. The lowest BCUT2D eigenvalue weighted by Gasteiger charge is -2.28. The molecule has 238 valence electrons. The molecular formula is C48H29NO2. The van der Waals surface area contributed by atoms with E-state index in [1.807, 2.05) is 12.1 Å². The van der Waals surface area contributed by atoms with Gasteiger partial charge in [-0.05, 0) is 81.2 Å². The van der Waals surface area contributed by atoms with E-state index in [1.165, 1.54) is 43.4 Å².